The highest BCUT2D eigenvalue weighted by Crippen LogP contribution is 2.24. The van der Waals surface area contributed by atoms with E-state index in [1.54, 1.807) is 38.1 Å². The molecular weight excluding hydrogens is 386 g/mol. The Hall–Kier alpha value is -2.34. The van der Waals surface area contributed by atoms with E-state index in [9.17, 15) is 9.59 Å². The van der Waals surface area contributed by atoms with E-state index in [2.05, 4.69) is 21.2 Å². The Morgan fingerprint density at radius 2 is 1.84 bits per heavy atom. The monoisotopic (exact) mass is 405 g/mol. The maximum Gasteiger partial charge on any atom is 0.338 e. The summed E-state index contributed by atoms with van der Waals surface area (Å²) in [5.41, 5.74) is 2.22. The molecular formula is C19H20BrNO4. The number of hydrogen-bond acceptors (Lipinski definition) is 4. The number of rotatable bonds is 6. The number of ether oxygens (including phenoxy) is 2. The van der Waals surface area contributed by atoms with Gasteiger partial charge in [0.25, 0.3) is 5.91 Å². The standard InChI is InChI=1S/C19H20BrNO4/c1-4-24-19(23)14-6-8-15(9-7-14)25-13(3)18(22)21-17-10-5-12(2)11-16(17)20/h5-11,13H,4H2,1-3H3,(H,21,22). The van der Waals surface area contributed by atoms with Crippen molar-refractivity contribution in [2.24, 2.45) is 0 Å². The van der Waals surface area contributed by atoms with Crippen LogP contribution in [0.5, 0.6) is 5.75 Å². The van der Waals surface area contributed by atoms with E-state index in [1.165, 1.54) is 0 Å². The summed E-state index contributed by atoms with van der Waals surface area (Å²) in [7, 11) is 0. The van der Waals surface area contributed by atoms with Gasteiger partial charge in [0.15, 0.2) is 6.10 Å². The van der Waals surface area contributed by atoms with Crippen LogP contribution in [-0.4, -0.2) is 24.6 Å². The Balaban J connectivity index is 1.97. The summed E-state index contributed by atoms with van der Waals surface area (Å²) in [6, 6.07) is 12.2. The molecule has 2 rings (SSSR count). The lowest BCUT2D eigenvalue weighted by atomic mass is 10.2. The summed E-state index contributed by atoms with van der Waals surface area (Å²) in [5.74, 6) is -0.151. The molecule has 2 aromatic carbocycles. The van der Waals surface area contributed by atoms with Crippen LogP contribution >= 0.6 is 15.9 Å². The molecule has 5 nitrogen and oxygen atoms in total. The molecule has 0 fully saturated rings. The van der Waals surface area contributed by atoms with Gasteiger partial charge in [-0.05, 0) is 78.7 Å². The highest BCUT2D eigenvalue weighted by Gasteiger charge is 2.16. The minimum absolute atomic E-state index is 0.265. The molecule has 0 aliphatic heterocycles. The van der Waals surface area contributed by atoms with Crippen LogP contribution in [0.1, 0.15) is 29.8 Å². The largest absolute Gasteiger partial charge is 0.481 e. The van der Waals surface area contributed by atoms with Gasteiger partial charge in [-0.15, -0.1) is 0 Å². The van der Waals surface area contributed by atoms with E-state index in [4.69, 9.17) is 9.47 Å². The van der Waals surface area contributed by atoms with Gasteiger partial charge in [-0.2, -0.15) is 0 Å². The average molecular weight is 406 g/mol. The zero-order valence-electron chi connectivity index (χ0n) is 14.3. The third kappa shape index (κ3) is 5.32. The zero-order valence-corrected chi connectivity index (χ0v) is 15.9. The predicted octanol–water partition coefficient (Wildman–Crippen LogP) is 4.34. The fourth-order valence-electron chi connectivity index (χ4n) is 2.10. The van der Waals surface area contributed by atoms with E-state index in [1.807, 2.05) is 25.1 Å². The third-order valence-corrected chi connectivity index (χ3v) is 4.09. The number of carbonyl (C=O) groups excluding carboxylic acids is 2. The molecule has 132 valence electrons. The van der Waals surface area contributed by atoms with Crippen molar-refractivity contribution in [2.75, 3.05) is 11.9 Å². The van der Waals surface area contributed by atoms with Gasteiger partial charge in [0.05, 0.1) is 17.9 Å². The van der Waals surface area contributed by atoms with Gasteiger partial charge in [-0.3, -0.25) is 4.79 Å². The summed E-state index contributed by atoms with van der Waals surface area (Å²) in [6.45, 7) is 5.71. The van der Waals surface area contributed by atoms with E-state index in [-0.39, 0.29) is 11.9 Å². The zero-order chi connectivity index (χ0) is 18.4. The molecule has 25 heavy (non-hydrogen) atoms. The van der Waals surface area contributed by atoms with Gasteiger partial charge in [-0.25, -0.2) is 4.79 Å². The Kier molecular flexibility index (Phi) is 6.58. The molecule has 0 aliphatic carbocycles. The van der Waals surface area contributed by atoms with Gasteiger partial charge < -0.3 is 14.8 Å². The number of carbonyl (C=O) groups is 2. The molecule has 0 aromatic heterocycles. The fourth-order valence-corrected chi connectivity index (χ4v) is 2.69. The first-order valence-electron chi connectivity index (χ1n) is 7.91. The van der Waals surface area contributed by atoms with Gasteiger partial charge in [0, 0.05) is 4.47 Å². The minimum atomic E-state index is -0.693. The maximum atomic E-state index is 12.3. The normalized spacial score (nSPS) is 11.5. The molecule has 0 heterocycles. The van der Waals surface area contributed by atoms with Crippen molar-refractivity contribution < 1.29 is 19.1 Å². The molecule has 0 saturated carbocycles. The Morgan fingerprint density at radius 3 is 2.44 bits per heavy atom. The van der Waals surface area contributed by atoms with E-state index in [0.717, 1.165) is 10.0 Å². The second kappa shape index (κ2) is 8.67. The summed E-state index contributed by atoms with van der Waals surface area (Å²) in [4.78, 5) is 23.9. The number of hydrogen-bond donors (Lipinski definition) is 1. The van der Waals surface area contributed by atoms with Gasteiger partial charge in [0.2, 0.25) is 0 Å². The lowest BCUT2D eigenvalue weighted by Crippen LogP contribution is -2.30. The van der Waals surface area contributed by atoms with Crippen molar-refractivity contribution in [3.05, 3.63) is 58.1 Å². The maximum absolute atomic E-state index is 12.3. The average Bonchev–Trinajstić information content (AvgIpc) is 2.58. The van der Waals surface area contributed by atoms with Crippen molar-refractivity contribution in [1.82, 2.24) is 0 Å². The first-order chi connectivity index (χ1) is 11.9. The highest BCUT2D eigenvalue weighted by atomic mass is 79.9. The first kappa shape index (κ1) is 19.0. The van der Waals surface area contributed by atoms with Crippen LogP contribution in [0.4, 0.5) is 5.69 Å². The molecule has 1 amide bonds. The first-order valence-corrected chi connectivity index (χ1v) is 8.71. The molecule has 0 spiro atoms. The van der Waals surface area contributed by atoms with Crippen LogP contribution in [0.25, 0.3) is 0 Å². The van der Waals surface area contributed by atoms with Crippen molar-refractivity contribution in [3.63, 3.8) is 0 Å². The molecule has 0 aliphatic rings. The van der Waals surface area contributed by atoms with Crippen molar-refractivity contribution in [3.8, 4) is 5.75 Å². The van der Waals surface area contributed by atoms with Gasteiger partial charge >= 0.3 is 5.97 Å². The van der Waals surface area contributed by atoms with Crippen LogP contribution in [0.3, 0.4) is 0 Å². The smallest absolute Gasteiger partial charge is 0.338 e. The van der Waals surface area contributed by atoms with Crippen LogP contribution in [-0.2, 0) is 9.53 Å². The van der Waals surface area contributed by atoms with Crippen molar-refractivity contribution in [2.45, 2.75) is 26.9 Å². The Labute approximate surface area is 155 Å². The summed E-state index contributed by atoms with van der Waals surface area (Å²) in [5, 5.41) is 2.82. The van der Waals surface area contributed by atoms with Crippen molar-refractivity contribution in [1.29, 1.82) is 0 Å². The minimum Gasteiger partial charge on any atom is -0.481 e. The van der Waals surface area contributed by atoms with Crippen LogP contribution < -0.4 is 10.1 Å². The number of benzene rings is 2. The molecule has 1 N–H and O–H groups in total. The summed E-state index contributed by atoms with van der Waals surface area (Å²) >= 11 is 3.43. The topological polar surface area (TPSA) is 64.6 Å². The van der Waals surface area contributed by atoms with Gasteiger partial charge in [-0.1, -0.05) is 6.07 Å². The fraction of sp³-hybridized carbons (Fsp3) is 0.263. The van der Waals surface area contributed by atoms with Crippen molar-refractivity contribution >= 4 is 33.5 Å². The van der Waals surface area contributed by atoms with Crippen LogP contribution in [0, 0.1) is 6.92 Å². The molecule has 0 saturated heterocycles. The van der Waals surface area contributed by atoms with Crippen LogP contribution in [0.15, 0.2) is 46.9 Å². The summed E-state index contributed by atoms with van der Waals surface area (Å²) in [6.07, 6.45) is -0.693. The predicted molar refractivity (Wildman–Crippen MR) is 100.0 cm³/mol. The number of amides is 1. The molecule has 0 bridgehead atoms. The quantitative estimate of drug-likeness (QED) is 0.725. The number of halogens is 1. The SMILES string of the molecule is CCOC(=O)c1ccc(OC(C)C(=O)Nc2ccc(C)cc2Br)cc1. The number of nitrogens with one attached hydrogen (secondary N) is 1. The Bertz CT molecular complexity index is 759. The van der Waals surface area contributed by atoms with E-state index < -0.39 is 6.10 Å². The Morgan fingerprint density at radius 1 is 1.16 bits per heavy atom. The molecule has 0 radical (unpaired) electrons. The summed E-state index contributed by atoms with van der Waals surface area (Å²) < 4.78 is 11.4. The lowest BCUT2D eigenvalue weighted by molar-refractivity contribution is -0.122. The second-order valence-electron chi connectivity index (χ2n) is 5.48. The molecule has 1 unspecified atom stereocenters. The lowest BCUT2D eigenvalue weighted by Gasteiger charge is -2.16. The van der Waals surface area contributed by atoms with E-state index in [0.29, 0.717) is 23.6 Å². The van der Waals surface area contributed by atoms with Crippen LogP contribution in [0.2, 0.25) is 0 Å². The second-order valence-corrected chi connectivity index (χ2v) is 6.33. The molecule has 2 aromatic rings. The molecule has 6 heteroatoms. The number of anilines is 1. The highest BCUT2D eigenvalue weighted by molar-refractivity contribution is 9.10. The van der Waals surface area contributed by atoms with Gasteiger partial charge in [0.1, 0.15) is 5.75 Å². The molecule has 1 atom stereocenters. The van der Waals surface area contributed by atoms with E-state index >= 15 is 0 Å². The number of aryl methyl sites for hydroxylation is 1. The number of esters is 1. The third-order valence-electron chi connectivity index (χ3n) is 3.43.